The molecule has 0 saturated heterocycles. The topological polar surface area (TPSA) is 37.3 Å². The Morgan fingerprint density at radius 1 is 1.37 bits per heavy atom. The lowest BCUT2D eigenvalue weighted by Crippen LogP contribution is -2.02. The molecule has 1 aliphatic heterocycles. The summed E-state index contributed by atoms with van der Waals surface area (Å²) in [5.74, 6) is 1.24. The second kappa shape index (κ2) is 5.58. The zero-order valence-electron chi connectivity index (χ0n) is 9.98. The van der Waals surface area contributed by atoms with Crippen LogP contribution in [0.15, 0.2) is 46.0 Å². The molecule has 0 amide bonds. The first kappa shape index (κ1) is 13.1. The minimum absolute atomic E-state index is 0.277. The van der Waals surface area contributed by atoms with Crippen molar-refractivity contribution in [3.8, 4) is 0 Å². The number of pyridine rings is 1. The molecule has 0 fully saturated rings. The van der Waals surface area contributed by atoms with Gasteiger partial charge in [0.1, 0.15) is 5.82 Å². The van der Waals surface area contributed by atoms with E-state index in [1.54, 1.807) is 0 Å². The maximum Gasteiger partial charge on any atom is 0.129 e. The molecule has 0 radical (unpaired) electrons. The third kappa shape index (κ3) is 2.97. The summed E-state index contributed by atoms with van der Waals surface area (Å²) >= 11 is 5.75. The number of anilines is 1. The second-order valence-corrected chi connectivity index (χ2v) is 6.49. The SMILES string of the molecule is Brc1cnc2c(c1)C(C=Nc1ccc(I)cc1)CN2. The summed E-state index contributed by atoms with van der Waals surface area (Å²) < 4.78 is 2.22. The lowest BCUT2D eigenvalue weighted by atomic mass is 10.1. The van der Waals surface area contributed by atoms with Crippen molar-refractivity contribution in [3.05, 3.63) is 50.1 Å². The Balaban J connectivity index is 1.82. The van der Waals surface area contributed by atoms with Gasteiger partial charge in [-0.05, 0) is 68.9 Å². The van der Waals surface area contributed by atoms with Crippen LogP contribution in [0.25, 0.3) is 0 Å². The van der Waals surface area contributed by atoms with Gasteiger partial charge < -0.3 is 5.32 Å². The molecule has 1 unspecified atom stereocenters. The molecule has 2 heterocycles. The number of hydrogen-bond donors (Lipinski definition) is 1. The molecule has 96 valence electrons. The van der Waals surface area contributed by atoms with Crippen molar-refractivity contribution in [2.75, 3.05) is 11.9 Å². The maximum atomic E-state index is 4.55. The lowest BCUT2D eigenvalue weighted by Gasteiger charge is -2.03. The molecule has 1 aliphatic rings. The highest BCUT2D eigenvalue weighted by molar-refractivity contribution is 14.1. The first-order valence-corrected chi connectivity index (χ1v) is 7.78. The average Bonchev–Trinajstić information content (AvgIpc) is 2.80. The van der Waals surface area contributed by atoms with Crippen LogP contribution in [-0.2, 0) is 0 Å². The molecule has 19 heavy (non-hydrogen) atoms. The van der Waals surface area contributed by atoms with E-state index in [4.69, 9.17) is 0 Å². The van der Waals surface area contributed by atoms with Crippen molar-refractivity contribution >= 4 is 56.2 Å². The van der Waals surface area contributed by atoms with Crippen LogP contribution in [-0.4, -0.2) is 17.7 Å². The van der Waals surface area contributed by atoms with Crippen molar-refractivity contribution in [1.82, 2.24) is 4.98 Å². The Kier molecular flexibility index (Phi) is 3.83. The Morgan fingerprint density at radius 3 is 2.95 bits per heavy atom. The molecular weight excluding hydrogens is 417 g/mol. The number of aliphatic imine (C=N–C) groups is 1. The van der Waals surface area contributed by atoms with Gasteiger partial charge in [0.05, 0.1) is 5.69 Å². The molecule has 2 aromatic rings. The van der Waals surface area contributed by atoms with E-state index < -0.39 is 0 Å². The van der Waals surface area contributed by atoms with Crippen LogP contribution in [0.2, 0.25) is 0 Å². The zero-order chi connectivity index (χ0) is 13.2. The van der Waals surface area contributed by atoms with Crippen LogP contribution >= 0.6 is 38.5 Å². The molecule has 3 rings (SSSR count). The van der Waals surface area contributed by atoms with Crippen LogP contribution in [0, 0.1) is 3.57 Å². The Bertz CT molecular complexity index is 625. The Hall–Kier alpha value is -0.950. The van der Waals surface area contributed by atoms with E-state index in [0.717, 1.165) is 22.5 Å². The molecule has 5 heteroatoms. The lowest BCUT2D eigenvalue weighted by molar-refractivity contribution is 1.02. The summed E-state index contributed by atoms with van der Waals surface area (Å²) in [5, 5.41) is 3.30. The Morgan fingerprint density at radius 2 is 2.16 bits per heavy atom. The summed E-state index contributed by atoms with van der Waals surface area (Å²) in [4.78, 5) is 8.90. The average molecular weight is 428 g/mol. The van der Waals surface area contributed by atoms with E-state index in [-0.39, 0.29) is 5.92 Å². The van der Waals surface area contributed by atoms with Gasteiger partial charge in [-0.1, -0.05) is 0 Å². The van der Waals surface area contributed by atoms with Gasteiger partial charge in [0, 0.05) is 38.5 Å². The van der Waals surface area contributed by atoms with Crippen molar-refractivity contribution in [1.29, 1.82) is 0 Å². The number of hydrogen-bond acceptors (Lipinski definition) is 3. The summed E-state index contributed by atoms with van der Waals surface area (Å²) in [7, 11) is 0. The van der Waals surface area contributed by atoms with Gasteiger partial charge in [-0.15, -0.1) is 0 Å². The number of aromatic nitrogens is 1. The minimum atomic E-state index is 0.277. The first-order chi connectivity index (χ1) is 9.22. The van der Waals surface area contributed by atoms with Crippen LogP contribution in [0.4, 0.5) is 11.5 Å². The van der Waals surface area contributed by atoms with Gasteiger partial charge in [0.15, 0.2) is 0 Å². The molecule has 0 bridgehead atoms. The van der Waals surface area contributed by atoms with Crippen molar-refractivity contribution in [3.63, 3.8) is 0 Å². The highest BCUT2D eigenvalue weighted by Gasteiger charge is 2.21. The molecule has 1 atom stereocenters. The van der Waals surface area contributed by atoms with Crippen LogP contribution in [0.3, 0.4) is 0 Å². The number of benzene rings is 1. The molecule has 3 nitrogen and oxygen atoms in total. The Labute approximate surface area is 133 Å². The van der Waals surface area contributed by atoms with Crippen LogP contribution in [0.1, 0.15) is 11.5 Å². The van der Waals surface area contributed by atoms with Crippen LogP contribution in [0.5, 0.6) is 0 Å². The number of nitrogens with zero attached hydrogens (tertiary/aromatic N) is 2. The van der Waals surface area contributed by atoms with E-state index in [9.17, 15) is 0 Å². The highest BCUT2D eigenvalue weighted by atomic mass is 127. The van der Waals surface area contributed by atoms with Gasteiger partial charge in [-0.3, -0.25) is 4.99 Å². The standard InChI is InChI=1S/C14H11BrIN3/c15-10-5-13-9(7-18-14(13)19-8-10)6-17-12-3-1-11(16)2-4-12/h1-6,8-9H,7H2,(H,18,19). The maximum absolute atomic E-state index is 4.55. The minimum Gasteiger partial charge on any atom is -0.369 e. The van der Waals surface area contributed by atoms with Gasteiger partial charge in [0.2, 0.25) is 0 Å². The van der Waals surface area contributed by atoms with Crippen molar-refractivity contribution < 1.29 is 0 Å². The van der Waals surface area contributed by atoms with E-state index in [0.29, 0.717) is 0 Å². The molecule has 0 aliphatic carbocycles. The van der Waals surface area contributed by atoms with Gasteiger partial charge >= 0.3 is 0 Å². The highest BCUT2D eigenvalue weighted by Crippen LogP contribution is 2.31. The van der Waals surface area contributed by atoms with E-state index in [2.05, 4.69) is 72.0 Å². The molecule has 1 aromatic heterocycles. The predicted octanol–water partition coefficient (Wildman–Crippen LogP) is 4.36. The number of rotatable bonds is 2. The molecule has 1 N–H and O–H groups in total. The van der Waals surface area contributed by atoms with E-state index >= 15 is 0 Å². The van der Waals surface area contributed by atoms with Crippen LogP contribution < -0.4 is 5.32 Å². The zero-order valence-corrected chi connectivity index (χ0v) is 13.7. The first-order valence-electron chi connectivity index (χ1n) is 5.91. The summed E-state index contributed by atoms with van der Waals surface area (Å²) in [6, 6.07) is 10.3. The normalized spacial score (nSPS) is 17.5. The molecular formula is C14H11BrIN3. The predicted molar refractivity (Wildman–Crippen MR) is 90.5 cm³/mol. The van der Waals surface area contributed by atoms with Crippen molar-refractivity contribution in [2.45, 2.75) is 5.92 Å². The fourth-order valence-electron chi connectivity index (χ4n) is 2.04. The van der Waals surface area contributed by atoms with E-state index in [1.165, 1.54) is 9.13 Å². The monoisotopic (exact) mass is 427 g/mol. The summed E-state index contributed by atoms with van der Waals surface area (Å²) in [6.07, 6.45) is 3.81. The largest absolute Gasteiger partial charge is 0.369 e. The number of halogens is 2. The number of nitrogens with one attached hydrogen (secondary N) is 1. The van der Waals surface area contributed by atoms with Gasteiger partial charge in [0.25, 0.3) is 0 Å². The third-order valence-corrected chi connectivity index (χ3v) is 4.16. The molecule has 0 saturated carbocycles. The quantitative estimate of drug-likeness (QED) is 0.571. The third-order valence-electron chi connectivity index (χ3n) is 3.00. The summed E-state index contributed by atoms with van der Waals surface area (Å²) in [5.41, 5.74) is 2.18. The van der Waals surface area contributed by atoms with Crippen molar-refractivity contribution in [2.24, 2.45) is 4.99 Å². The summed E-state index contributed by atoms with van der Waals surface area (Å²) in [6.45, 7) is 0.854. The number of fused-ring (bicyclic) bond motifs is 1. The van der Waals surface area contributed by atoms with Gasteiger partial charge in [-0.25, -0.2) is 4.98 Å². The molecule has 0 spiro atoms. The smallest absolute Gasteiger partial charge is 0.129 e. The molecule has 1 aromatic carbocycles. The fraction of sp³-hybridized carbons (Fsp3) is 0.143. The second-order valence-electron chi connectivity index (χ2n) is 4.33. The van der Waals surface area contributed by atoms with E-state index in [1.807, 2.05) is 24.5 Å². The fourth-order valence-corrected chi connectivity index (χ4v) is 2.75. The van der Waals surface area contributed by atoms with Gasteiger partial charge in [-0.2, -0.15) is 0 Å².